The third-order valence-electron chi connectivity index (χ3n) is 4.68. The van der Waals surface area contributed by atoms with Gasteiger partial charge in [0.1, 0.15) is 6.61 Å². The van der Waals surface area contributed by atoms with E-state index in [0.717, 1.165) is 60.3 Å². The maximum atomic E-state index is 12.0. The first kappa shape index (κ1) is 29.9. The van der Waals surface area contributed by atoms with Gasteiger partial charge in [0, 0.05) is 30.8 Å². The van der Waals surface area contributed by atoms with Crippen molar-refractivity contribution in [3.63, 3.8) is 0 Å². The Balaban J connectivity index is 0.000000425. The van der Waals surface area contributed by atoms with Crippen LogP contribution in [0.1, 0.15) is 31.2 Å². The SMILES string of the molecule is CN.NSNCCCCCC(=O)Nc1cccc(-c2ccccc2)c1.O=COCc1ccccc1. The van der Waals surface area contributed by atoms with Crippen LogP contribution in [0.4, 0.5) is 5.69 Å². The molecule has 7 nitrogen and oxygen atoms in total. The standard InChI is InChI=1S/C18H23N3OS.C8H8O2.CH5N/c19-23-20-13-6-2-5-12-18(22)21-17-11-7-10-16(14-17)15-8-3-1-4-9-15;9-7-10-6-8-4-2-1-3-5-8;1-2/h1,3-4,7-11,14,20H,2,5-6,12-13,19H2,(H,21,22);1-5,7H,6H2;2H2,1H3. The lowest BCUT2D eigenvalue weighted by molar-refractivity contribution is -0.129. The number of unbranched alkanes of at least 4 members (excludes halogenated alkanes) is 2. The summed E-state index contributed by atoms with van der Waals surface area (Å²) < 4.78 is 7.53. The number of amides is 1. The Labute approximate surface area is 212 Å². The van der Waals surface area contributed by atoms with Crippen molar-refractivity contribution >= 4 is 30.2 Å². The molecule has 0 fully saturated rings. The van der Waals surface area contributed by atoms with E-state index in [2.05, 4.69) is 32.6 Å². The molecule has 6 N–H and O–H groups in total. The molecule has 0 aliphatic heterocycles. The van der Waals surface area contributed by atoms with Crippen LogP contribution < -0.4 is 20.9 Å². The van der Waals surface area contributed by atoms with Gasteiger partial charge in [-0.2, -0.15) is 0 Å². The van der Waals surface area contributed by atoms with Gasteiger partial charge in [0.25, 0.3) is 6.47 Å². The van der Waals surface area contributed by atoms with E-state index in [0.29, 0.717) is 19.5 Å². The van der Waals surface area contributed by atoms with Gasteiger partial charge < -0.3 is 15.8 Å². The van der Waals surface area contributed by atoms with Crippen molar-refractivity contribution in [1.82, 2.24) is 4.72 Å². The predicted octanol–water partition coefficient (Wildman–Crippen LogP) is 4.90. The number of carbonyl (C=O) groups is 2. The summed E-state index contributed by atoms with van der Waals surface area (Å²) >= 11 is 1.14. The average molecular weight is 497 g/mol. The summed E-state index contributed by atoms with van der Waals surface area (Å²) in [5, 5.41) is 8.25. The topological polar surface area (TPSA) is 119 Å². The van der Waals surface area contributed by atoms with E-state index in [1.807, 2.05) is 72.8 Å². The molecule has 3 aromatic carbocycles. The molecule has 0 spiro atoms. The molecule has 0 radical (unpaired) electrons. The second-order valence-electron chi connectivity index (χ2n) is 7.21. The highest BCUT2D eigenvalue weighted by molar-refractivity contribution is 7.95. The largest absolute Gasteiger partial charge is 0.463 e. The third kappa shape index (κ3) is 14.0. The summed E-state index contributed by atoms with van der Waals surface area (Å²) in [6.45, 7) is 1.69. The Morgan fingerprint density at radius 2 is 1.54 bits per heavy atom. The molecular formula is C27H36N4O3S. The average Bonchev–Trinajstić information content (AvgIpc) is 2.92. The summed E-state index contributed by atoms with van der Waals surface area (Å²) in [6.07, 6.45) is 3.48. The van der Waals surface area contributed by atoms with Crippen LogP contribution in [0.2, 0.25) is 0 Å². The van der Waals surface area contributed by atoms with Crippen LogP contribution in [0.5, 0.6) is 0 Å². The summed E-state index contributed by atoms with van der Waals surface area (Å²) in [6, 6.07) is 27.6. The highest BCUT2D eigenvalue weighted by atomic mass is 32.2. The fraction of sp³-hybridized carbons (Fsp3) is 0.259. The van der Waals surface area contributed by atoms with Crippen molar-refractivity contribution in [2.45, 2.75) is 32.3 Å². The van der Waals surface area contributed by atoms with E-state index >= 15 is 0 Å². The van der Waals surface area contributed by atoms with E-state index < -0.39 is 0 Å². The zero-order chi connectivity index (χ0) is 25.6. The molecule has 3 aromatic rings. The zero-order valence-electron chi connectivity index (χ0n) is 20.2. The highest BCUT2D eigenvalue weighted by Crippen LogP contribution is 2.22. The van der Waals surface area contributed by atoms with E-state index in [9.17, 15) is 9.59 Å². The van der Waals surface area contributed by atoms with E-state index in [1.54, 1.807) is 0 Å². The number of benzene rings is 3. The highest BCUT2D eigenvalue weighted by Gasteiger charge is 2.04. The van der Waals surface area contributed by atoms with Crippen LogP contribution >= 0.6 is 12.1 Å². The lowest BCUT2D eigenvalue weighted by Crippen LogP contribution is -2.12. The molecule has 188 valence electrons. The Morgan fingerprint density at radius 1 is 0.886 bits per heavy atom. The molecule has 0 aliphatic rings. The van der Waals surface area contributed by atoms with Crippen LogP contribution in [0.3, 0.4) is 0 Å². The molecule has 0 unspecified atom stereocenters. The van der Waals surface area contributed by atoms with Crippen molar-refractivity contribution < 1.29 is 14.3 Å². The van der Waals surface area contributed by atoms with Gasteiger partial charge in [-0.25, -0.2) is 0 Å². The normalized spacial score (nSPS) is 9.57. The van der Waals surface area contributed by atoms with Gasteiger partial charge >= 0.3 is 0 Å². The van der Waals surface area contributed by atoms with Crippen LogP contribution in [-0.4, -0.2) is 26.0 Å². The maximum Gasteiger partial charge on any atom is 0.293 e. The monoisotopic (exact) mass is 496 g/mol. The quantitative estimate of drug-likeness (QED) is 0.160. The van der Waals surface area contributed by atoms with Gasteiger partial charge in [0.05, 0.1) is 0 Å². The van der Waals surface area contributed by atoms with Crippen LogP contribution in [0.15, 0.2) is 84.9 Å². The number of rotatable bonds is 12. The number of nitrogens with two attached hydrogens (primary N) is 2. The smallest absolute Gasteiger partial charge is 0.293 e. The molecule has 0 bridgehead atoms. The van der Waals surface area contributed by atoms with E-state index in [1.165, 1.54) is 7.05 Å². The minimum absolute atomic E-state index is 0.0661. The number of hydrogen-bond donors (Lipinski definition) is 4. The summed E-state index contributed by atoms with van der Waals surface area (Å²) in [4.78, 5) is 21.8. The zero-order valence-corrected chi connectivity index (χ0v) is 21.0. The van der Waals surface area contributed by atoms with Crippen LogP contribution in [-0.2, 0) is 20.9 Å². The molecule has 0 heterocycles. The van der Waals surface area contributed by atoms with Gasteiger partial charge in [0.2, 0.25) is 5.91 Å². The fourth-order valence-electron chi connectivity index (χ4n) is 3.05. The molecule has 0 atom stereocenters. The summed E-state index contributed by atoms with van der Waals surface area (Å²) in [5.74, 6) is 0.0661. The van der Waals surface area contributed by atoms with Gasteiger partial charge in [0.15, 0.2) is 0 Å². The minimum atomic E-state index is 0.0661. The van der Waals surface area contributed by atoms with Gasteiger partial charge in [-0.05, 0) is 48.7 Å². The number of hydrogen-bond acceptors (Lipinski definition) is 7. The number of ether oxygens (including phenoxy) is 1. The third-order valence-corrected chi connectivity index (χ3v) is 5.05. The number of nitrogens with one attached hydrogen (secondary N) is 2. The second-order valence-corrected chi connectivity index (χ2v) is 7.74. The van der Waals surface area contributed by atoms with Crippen LogP contribution in [0, 0.1) is 0 Å². The van der Waals surface area contributed by atoms with Crippen molar-refractivity contribution in [3.05, 3.63) is 90.5 Å². The minimum Gasteiger partial charge on any atom is -0.463 e. The van der Waals surface area contributed by atoms with Gasteiger partial charge in [-0.3, -0.25) is 19.5 Å². The van der Waals surface area contributed by atoms with Gasteiger partial charge in [-0.1, -0.05) is 79.2 Å². The molecule has 35 heavy (non-hydrogen) atoms. The molecule has 8 heteroatoms. The van der Waals surface area contributed by atoms with E-state index in [4.69, 9.17) is 5.14 Å². The van der Waals surface area contributed by atoms with Crippen LogP contribution in [0.25, 0.3) is 11.1 Å². The lowest BCUT2D eigenvalue weighted by Gasteiger charge is -2.08. The first-order chi connectivity index (χ1) is 17.2. The Kier molecular flexibility index (Phi) is 17.3. The van der Waals surface area contributed by atoms with E-state index in [-0.39, 0.29) is 5.91 Å². The maximum absolute atomic E-state index is 12.0. The summed E-state index contributed by atoms with van der Waals surface area (Å²) in [7, 11) is 1.50. The molecule has 0 aliphatic carbocycles. The molecular weight excluding hydrogens is 460 g/mol. The molecule has 3 rings (SSSR count). The van der Waals surface area contributed by atoms with Crippen molar-refractivity contribution in [1.29, 1.82) is 0 Å². The molecule has 1 amide bonds. The van der Waals surface area contributed by atoms with Crippen molar-refractivity contribution in [2.75, 3.05) is 18.9 Å². The number of anilines is 1. The van der Waals surface area contributed by atoms with Gasteiger partial charge in [-0.15, -0.1) is 0 Å². The second kappa shape index (κ2) is 20.2. The van der Waals surface area contributed by atoms with Crippen molar-refractivity contribution in [2.24, 2.45) is 10.9 Å². The summed E-state index contributed by atoms with van der Waals surface area (Å²) in [5.41, 5.74) is 8.61. The molecule has 0 saturated carbocycles. The molecule has 0 aromatic heterocycles. The Hall–Kier alpha value is -3.17. The Morgan fingerprint density at radius 3 is 2.20 bits per heavy atom. The Bertz CT molecular complexity index is 943. The van der Waals surface area contributed by atoms with Crippen molar-refractivity contribution in [3.8, 4) is 11.1 Å². The lowest BCUT2D eigenvalue weighted by atomic mass is 10.1. The molecule has 0 saturated heterocycles. The predicted molar refractivity (Wildman–Crippen MR) is 146 cm³/mol. The number of carbonyl (C=O) groups excluding carboxylic acids is 2. The fourth-order valence-corrected chi connectivity index (χ4v) is 3.32. The first-order valence-corrected chi connectivity index (χ1v) is 12.3. The first-order valence-electron chi connectivity index (χ1n) is 11.4.